The number of Topliss-reactive ketones (excluding diaryl/α,β-unsaturated/α-hetero) is 1. The van der Waals surface area contributed by atoms with E-state index in [0.717, 1.165) is 12.8 Å². The van der Waals surface area contributed by atoms with Crippen molar-refractivity contribution in [1.29, 1.82) is 0 Å². The quantitative estimate of drug-likeness (QED) is 0.606. The molecule has 19 heavy (non-hydrogen) atoms. The van der Waals surface area contributed by atoms with E-state index in [2.05, 4.69) is 16.9 Å². The Morgan fingerprint density at radius 3 is 2.53 bits per heavy atom. The molecular formula is C15H19FN2O. The Morgan fingerprint density at radius 2 is 1.95 bits per heavy atom. The highest BCUT2D eigenvalue weighted by Gasteiger charge is 2.41. The largest absolute Gasteiger partial charge is 0.300 e. The summed E-state index contributed by atoms with van der Waals surface area (Å²) in [6, 6.07) is 3.95. The van der Waals surface area contributed by atoms with Gasteiger partial charge in [-0.25, -0.2) is 4.98 Å². The summed E-state index contributed by atoms with van der Waals surface area (Å²) in [4.78, 5) is 18.8. The minimum atomic E-state index is -0.516. The number of aromatic nitrogens is 1. The predicted molar refractivity (Wildman–Crippen MR) is 70.6 cm³/mol. The van der Waals surface area contributed by atoms with Crippen molar-refractivity contribution in [3.05, 3.63) is 29.3 Å². The van der Waals surface area contributed by atoms with Gasteiger partial charge in [-0.1, -0.05) is 0 Å². The lowest BCUT2D eigenvalue weighted by Crippen LogP contribution is -2.42. The Kier molecular flexibility index (Phi) is 3.13. The van der Waals surface area contributed by atoms with Gasteiger partial charge in [0, 0.05) is 23.6 Å². The summed E-state index contributed by atoms with van der Waals surface area (Å²) >= 11 is 0. The molecule has 2 fully saturated rings. The zero-order valence-electron chi connectivity index (χ0n) is 11.4. The lowest BCUT2D eigenvalue weighted by molar-refractivity contribution is 0.0766. The van der Waals surface area contributed by atoms with Crippen molar-refractivity contribution in [3.8, 4) is 0 Å². The smallest absolute Gasteiger partial charge is 0.213 e. The summed E-state index contributed by atoms with van der Waals surface area (Å²) in [5, 5.41) is 0. The minimum Gasteiger partial charge on any atom is -0.300 e. The van der Waals surface area contributed by atoms with Gasteiger partial charge < -0.3 is 4.90 Å². The van der Waals surface area contributed by atoms with Crippen LogP contribution < -0.4 is 0 Å². The topological polar surface area (TPSA) is 33.2 Å². The van der Waals surface area contributed by atoms with E-state index in [4.69, 9.17) is 0 Å². The first-order valence-corrected chi connectivity index (χ1v) is 6.95. The van der Waals surface area contributed by atoms with Crippen molar-refractivity contribution in [2.24, 2.45) is 5.92 Å². The molecule has 1 aromatic rings. The lowest BCUT2D eigenvalue weighted by Gasteiger charge is -2.35. The summed E-state index contributed by atoms with van der Waals surface area (Å²) in [5.41, 5.74) is 1.10. The molecule has 3 nitrogen and oxygen atoms in total. The fourth-order valence-corrected chi connectivity index (χ4v) is 3.64. The van der Waals surface area contributed by atoms with Gasteiger partial charge >= 0.3 is 0 Å². The molecule has 2 atom stereocenters. The first-order valence-electron chi connectivity index (χ1n) is 6.95. The van der Waals surface area contributed by atoms with Crippen molar-refractivity contribution in [2.45, 2.75) is 44.7 Å². The molecule has 0 amide bonds. The summed E-state index contributed by atoms with van der Waals surface area (Å²) in [6.45, 7) is 1.71. The van der Waals surface area contributed by atoms with Crippen LogP contribution in [-0.2, 0) is 0 Å². The van der Waals surface area contributed by atoms with Crippen LogP contribution in [0.1, 0.15) is 41.7 Å². The van der Waals surface area contributed by atoms with Gasteiger partial charge in [0.1, 0.15) is 0 Å². The van der Waals surface area contributed by atoms with Crippen LogP contribution in [0.4, 0.5) is 4.39 Å². The van der Waals surface area contributed by atoms with Crippen molar-refractivity contribution in [2.75, 3.05) is 7.05 Å². The fourth-order valence-electron chi connectivity index (χ4n) is 3.64. The molecule has 4 heteroatoms. The molecule has 3 heterocycles. The summed E-state index contributed by atoms with van der Waals surface area (Å²) in [7, 11) is 2.16. The first kappa shape index (κ1) is 12.7. The number of aryl methyl sites for hydroxylation is 1. The van der Waals surface area contributed by atoms with Crippen LogP contribution in [-0.4, -0.2) is 34.8 Å². The average Bonchev–Trinajstić information content (AvgIpc) is 2.61. The van der Waals surface area contributed by atoms with Gasteiger partial charge in [-0.15, -0.1) is 0 Å². The average molecular weight is 262 g/mol. The molecule has 0 radical (unpaired) electrons. The normalized spacial score (nSPS) is 30.6. The lowest BCUT2D eigenvalue weighted by atomic mass is 9.84. The van der Waals surface area contributed by atoms with E-state index in [1.165, 1.54) is 18.9 Å². The highest BCUT2D eigenvalue weighted by Crippen LogP contribution is 2.38. The van der Waals surface area contributed by atoms with E-state index >= 15 is 0 Å². The Bertz CT molecular complexity index is 503. The van der Waals surface area contributed by atoms with Crippen molar-refractivity contribution >= 4 is 5.78 Å². The molecule has 0 N–H and O–H groups in total. The molecule has 2 unspecified atom stereocenters. The molecule has 0 spiro atoms. The monoisotopic (exact) mass is 262 g/mol. The minimum absolute atomic E-state index is 0.0830. The SMILES string of the molecule is Cc1nc(F)ccc1C(=O)C1CC2CCC(C1)N2C. The summed E-state index contributed by atoms with van der Waals surface area (Å²) in [6.07, 6.45) is 4.27. The number of carbonyl (C=O) groups is 1. The van der Waals surface area contributed by atoms with Crippen molar-refractivity contribution in [1.82, 2.24) is 9.88 Å². The van der Waals surface area contributed by atoms with Gasteiger partial charge in [-0.3, -0.25) is 4.79 Å². The zero-order valence-corrected chi connectivity index (χ0v) is 11.4. The van der Waals surface area contributed by atoms with Crippen LogP contribution in [0.25, 0.3) is 0 Å². The van der Waals surface area contributed by atoms with E-state index < -0.39 is 5.95 Å². The number of pyridine rings is 1. The van der Waals surface area contributed by atoms with E-state index in [1.807, 2.05) is 0 Å². The number of halogens is 1. The number of hydrogen-bond acceptors (Lipinski definition) is 3. The maximum absolute atomic E-state index is 13.0. The Hall–Kier alpha value is -1.29. The number of nitrogens with zero attached hydrogens (tertiary/aromatic N) is 2. The number of fused-ring (bicyclic) bond motifs is 2. The van der Waals surface area contributed by atoms with Crippen LogP contribution >= 0.6 is 0 Å². The van der Waals surface area contributed by atoms with Gasteiger partial charge in [0.05, 0.1) is 5.69 Å². The van der Waals surface area contributed by atoms with Gasteiger partial charge in [-0.05, 0) is 51.8 Å². The molecule has 102 valence electrons. The Labute approximate surface area is 112 Å². The second-order valence-electron chi connectivity index (χ2n) is 5.85. The second kappa shape index (κ2) is 4.67. The molecule has 2 bridgehead atoms. The van der Waals surface area contributed by atoms with Crippen LogP contribution in [0.3, 0.4) is 0 Å². The van der Waals surface area contributed by atoms with Gasteiger partial charge in [0.15, 0.2) is 5.78 Å². The molecule has 0 aromatic carbocycles. The molecule has 2 saturated heterocycles. The van der Waals surface area contributed by atoms with Gasteiger partial charge in [0.25, 0.3) is 0 Å². The van der Waals surface area contributed by atoms with E-state index in [0.29, 0.717) is 23.3 Å². The summed E-state index contributed by atoms with van der Waals surface area (Å²) < 4.78 is 13.0. The molecule has 3 rings (SSSR count). The number of piperidine rings is 1. The van der Waals surface area contributed by atoms with E-state index in [-0.39, 0.29) is 11.7 Å². The fraction of sp³-hybridized carbons (Fsp3) is 0.600. The van der Waals surface area contributed by atoms with Gasteiger partial charge in [-0.2, -0.15) is 4.39 Å². The van der Waals surface area contributed by atoms with Crippen molar-refractivity contribution < 1.29 is 9.18 Å². The number of ketones is 1. The van der Waals surface area contributed by atoms with Crippen LogP contribution in [0, 0.1) is 18.8 Å². The molecule has 0 aliphatic carbocycles. The third-order valence-electron chi connectivity index (χ3n) is 4.79. The maximum atomic E-state index is 13.0. The molecule has 0 saturated carbocycles. The Morgan fingerprint density at radius 1 is 1.32 bits per heavy atom. The van der Waals surface area contributed by atoms with Crippen LogP contribution in [0.5, 0.6) is 0 Å². The summed E-state index contributed by atoms with van der Waals surface area (Å²) in [5.74, 6) is -0.285. The third-order valence-corrected chi connectivity index (χ3v) is 4.79. The molecule has 1 aromatic heterocycles. The van der Waals surface area contributed by atoms with Gasteiger partial charge in [0.2, 0.25) is 5.95 Å². The highest BCUT2D eigenvalue weighted by atomic mass is 19.1. The van der Waals surface area contributed by atoms with E-state index in [1.54, 1.807) is 13.0 Å². The molecule has 2 aliphatic heterocycles. The number of rotatable bonds is 2. The first-order chi connectivity index (χ1) is 9.06. The standard InChI is InChI=1S/C15H19FN2O/c1-9-13(5-6-14(16)17-9)15(19)10-7-11-3-4-12(8-10)18(11)2/h5-6,10-12H,3-4,7-8H2,1-2H3. The van der Waals surface area contributed by atoms with Crippen LogP contribution in [0.2, 0.25) is 0 Å². The highest BCUT2D eigenvalue weighted by molar-refractivity contribution is 5.98. The number of hydrogen-bond donors (Lipinski definition) is 0. The Balaban J connectivity index is 1.81. The third kappa shape index (κ3) is 2.18. The van der Waals surface area contributed by atoms with Crippen LogP contribution in [0.15, 0.2) is 12.1 Å². The maximum Gasteiger partial charge on any atom is 0.213 e. The molecular weight excluding hydrogens is 243 g/mol. The second-order valence-corrected chi connectivity index (χ2v) is 5.85. The predicted octanol–water partition coefficient (Wildman–Crippen LogP) is 2.58. The number of carbonyl (C=O) groups excluding carboxylic acids is 1. The molecule has 2 aliphatic rings. The zero-order chi connectivity index (χ0) is 13.6. The van der Waals surface area contributed by atoms with E-state index in [9.17, 15) is 9.18 Å². The van der Waals surface area contributed by atoms with Crippen molar-refractivity contribution in [3.63, 3.8) is 0 Å².